The van der Waals surface area contributed by atoms with Gasteiger partial charge in [0, 0.05) is 46.9 Å². The third-order valence-electron chi connectivity index (χ3n) is 4.18. The summed E-state index contributed by atoms with van der Waals surface area (Å²) >= 11 is 4.15. The summed E-state index contributed by atoms with van der Waals surface area (Å²) in [6, 6.07) is 8.61. The Hall–Kier alpha value is -0.650. The van der Waals surface area contributed by atoms with Crippen LogP contribution in [0.25, 0.3) is 10.9 Å². The van der Waals surface area contributed by atoms with Gasteiger partial charge in [-0.2, -0.15) is 28.6 Å². The van der Waals surface area contributed by atoms with Crippen LogP contribution in [0.15, 0.2) is 24.3 Å². The molecule has 3 atom stereocenters. The highest BCUT2D eigenvalue weighted by Crippen LogP contribution is 2.35. The van der Waals surface area contributed by atoms with E-state index in [-0.39, 0.29) is 6.04 Å². The number of benzene rings is 1. The van der Waals surface area contributed by atoms with Crippen LogP contribution in [-0.4, -0.2) is 37.8 Å². The molecular formula is C16H23N3S2. The van der Waals surface area contributed by atoms with Gasteiger partial charge in [0.2, 0.25) is 0 Å². The van der Waals surface area contributed by atoms with E-state index in [0.29, 0.717) is 10.5 Å². The minimum atomic E-state index is 0.186. The molecule has 3 unspecified atom stereocenters. The highest BCUT2D eigenvalue weighted by Gasteiger charge is 2.30. The van der Waals surface area contributed by atoms with E-state index in [9.17, 15) is 0 Å². The predicted octanol–water partition coefficient (Wildman–Crippen LogP) is 3.07. The van der Waals surface area contributed by atoms with Crippen molar-refractivity contribution in [2.45, 2.75) is 36.3 Å². The Labute approximate surface area is 135 Å². The summed E-state index contributed by atoms with van der Waals surface area (Å²) in [4.78, 5) is 0. The first kappa shape index (κ1) is 15.3. The van der Waals surface area contributed by atoms with E-state index >= 15 is 0 Å². The maximum absolute atomic E-state index is 6.56. The van der Waals surface area contributed by atoms with Crippen molar-refractivity contribution < 1.29 is 0 Å². The van der Waals surface area contributed by atoms with E-state index in [1.54, 1.807) is 0 Å². The van der Waals surface area contributed by atoms with Crippen molar-refractivity contribution in [3.05, 3.63) is 30.0 Å². The number of nitrogens with two attached hydrogens (primary N) is 1. The lowest BCUT2D eigenvalue weighted by molar-refractivity contribution is 0.587. The SMILES string of the molecule is CCC1SCCSC1C(N)Cc1nn(C)c2ccccc12. The van der Waals surface area contributed by atoms with Gasteiger partial charge in [-0.1, -0.05) is 25.1 Å². The van der Waals surface area contributed by atoms with Crippen molar-refractivity contribution in [2.75, 3.05) is 11.5 Å². The first-order valence-electron chi connectivity index (χ1n) is 7.60. The number of para-hydroxylation sites is 1. The minimum absolute atomic E-state index is 0.186. The number of hydrogen-bond donors (Lipinski definition) is 1. The van der Waals surface area contributed by atoms with Gasteiger partial charge in [-0.15, -0.1) is 0 Å². The molecule has 2 aromatic rings. The molecule has 5 heteroatoms. The molecule has 1 aromatic carbocycles. The van der Waals surface area contributed by atoms with Crippen molar-refractivity contribution >= 4 is 34.4 Å². The Kier molecular flexibility index (Phi) is 4.82. The third kappa shape index (κ3) is 3.10. The highest BCUT2D eigenvalue weighted by molar-refractivity contribution is 8.07. The Bertz CT molecular complexity index is 611. The van der Waals surface area contributed by atoms with Crippen LogP contribution in [-0.2, 0) is 13.5 Å². The summed E-state index contributed by atoms with van der Waals surface area (Å²) in [5, 5.41) is 7.18. The maximum Gasteiger partial charge on any atom is 0.0719 e. The number of hydrogen-bond acceptors (Lipinski definition) is 4. The first-order chi connectivity index (χ1) is 10.2. The van der Waals surface area contributed by atoms with E-state index in [1.165, 1.54) is 28.8 Å². The summed E-state index contributed by atoms with van der Waals surface area (Å²) in [6.45, 7) is 2.28. The Balaban J connectivity index is 1.81. The van der Waals surface area contributed by atoms with Crippen molar-refractivity contribution in [3.63, 3.8) is 0 Å². The van der Waals surface area contributed by atoms with Crippen LogP contribution in [0.5, 0.6) is 0 Å². The molecule has 2 heterocycles. The molecule has 0 radical (unpaired) electrons. The van der Waals surface area contributed by atoms with Crippen molar-refractivity contribution in [2.24, 2.45) is 12.8 Å². The molecule has 0 amide bonds. The van der Waals surface area contributed by atoms with Crippen LogP contribution in [0.1, 0.15) is 19.0 Å². The lowest BCUT2D eigenvalue weighted by Gasteiger charge is -2.33. The van der Waals surface area contributed by atoms with E-state index in [0.717, 1.165) is 12.1 Å². The lowest BCUT2D eigenvalue weighted by Crippen LogP contribution is -2.43. The number of aromatic nitrogens is 2. The van der Waals surface area contributed by atoms with Gasteiger partial charge in [-0.05, 0) is 12.5 Å². The molecule has 3 nitrogen and oxygen atoms in total. The van der Waals surface area contributed by atoms with Crippen molar-refractivity contribution in [1.82, 2.24) is 9.78 Å². The van der Waals surface area contributed by atoms with Gasteiger partial charge in [-0.3, -0.25) is 4.68 Å². The van der Waals surface area contributed by atoms with E-state index in [4.69, 9.17) is 10.8 Å². The average Bonchev–Trinajstić information content (AvgIpc) is 2.84. The molecule has 3 rings (SSSR count). The fourth-order valence-corrected chi connectivity index (χ4v) is 6.31. The maximum atomic E-state index is 6.56. The molecular weight excluding hydrogens is 298 g/mol. The zero-order valence-electron chi connectivity index (χ0n) is 12.7. The second kappa shape index (κ2) is 6.63. The fraction of sp³-hybridized carbons (Fsp3) is 0.562. The smallest absolute Gasteiger partial charge is 0.0719 e. The lowest BCUT2D eigenvalue weighted by atomic mass is 10.0. The molecule has 0 spiro atoms. The Morgan fingerprint density at radius 2 is 2.10 bits per heavy atom. The molecule has 1 aliphatic rings. The summed E-state index contributed by atoms with van der Waals surface area (Å²) in [7, 11) is 2.01. The van der Waals surface area contributed by atoms with Crippen LogP contribution in [0.2, 0.25) is 0 Å². The van der Waals surface area contributed by atoms with E-state index < -0.39 is 0 Å². The van der Waals surface area contributed by atoms with Crippen LogP contribution in [0, 0.1) is 0 Å². The van der Waals surface area contributed by atoms with Gasteiger partial charge in [-0.25, -0.2) is 0 Å². The summed E-state index contributed by atoms with van der Waals surface area (Å²) in [6.07, 6.45) is 2.08. The second-order valence-corrected chi connectivity index (χ2v) is 8.24. The number of aryl methyl sites for hydroxylation is 1. The molecule has 1 aliphatic heterocycles. The zero-order chi connectivity index (χ0) is 14.8. The van der Waals surface area contributed by atoms with Gasteiger partial charge in [0.1, 0.15) is 0 Å². The monoisotopic (exact) mass is 321 g/mol. The summed E-state index contributed by atoms with van der Waals surface area (Å²) in [5.74, 6) is 2.49. The minimum Gasteiger partial charge on any atom is -0.326 e. The fourth-order valence-electron chi connectivity index (χ4n) is 3.11. The summed E-state index contributed by atoms with van der Waals surface area (Å²) in [5.41, 5.74) is 8.90. The quantitative estimate of drug-likeness (QED) is 0.940. The normalized spacial score (nSPS) is 24.3. The number of rotatable bonds is 4. The number of fused-ring (bicyclic) bond motifs is 1. The van der Waals surface area contributed by atoms with Crippen LogP contribution >= 0.6 is 23.5 Å². The van der Waals surface area contributed by atoms with Crippen molar-refractivity contribution in [3.8, 4) is 0 Å². The average molecular weight is 322 g/mol. The van der Waals surface area contributed by atoms with Crippen LogP contribution in [0.4, 0.5) is 0 Å². The Morgan fingerprint density at radius 3 is 2.90 bits per heavy atom. The van der Waals surface area contributed by atoms with Crippen molar-refractivity contribution in [1.29, 1.82) is 0 Å². The molecule has 0 saturated carbocycles. The molecule has 114 valence electrons. The van der Waals surface area contributed by atoms with Gasteiger partial charge < -0.3 is 5.73 Å². The molecule has 0 bridgehead atoms. The van der Waals surface area contributed by atoms with Gasteiger partial charge >= 0.3 is 0 Å². The number of thioether (sulfide) groups is 2. The predicted molar refractivity (Wildman–Crippen MR) is 95.2 cm³/mol. The molecule has 0 aliphatic carbocycles. The molecule has 1 fully saturated rings. The Morgan fingerprint density at radius 1 is 1.33 bits per heavy atom. The van der Waals surface area contributed by atoms with Crippen LogP contribution < -0.4 is 5.73 Å². The second-order valence-electron chi connectivity index (χ2n) is 5.61. The largest absolute Gasteiger partial charge is 0.326 e. The van der Waals surface area contributed by atoms with Gasteiger partial charge in [0.25, 0.3) is 0 Å². The highest BCUT2D eigenvalue weighted by atomic mass is 32.2. The molecule has 21 heavy (non-hydrogen) atoms. The van der Waals surface area contributed by atoms with Crippen LogP contribution in [0.3, 0.4) is 0 Å². The van der Waals surface area contributed by atoms with Gasteiger partial charge in [0.15, 0.2) is 0 Å². The zero-order valence-corrected chi connectivity index (χ0v) is 14.3. The number of nitrogens with zero attached hydrogens (tertiary/aromatic N) is 2. The van der Waals surface area contributed by atoms with E-state index in [1.807, 2.05) is 11.7 Å². The molecule has 1 saturated heterocycles. The molecule has 1 aromatic heterocycles. The summed E-state index contributed by atoms with van der Waals surface area (Å²) < 4.78 is 1.97. The van der Waals surface area contributed by atoms with Gasteiger partial charge in [0.05, 0.1) is 11.2 Å². The molecule has 2 N–H and O–H groups in total. The van der Waals surface area contributed by atoms with E-state index in [2.05, 4.69) is 54.7 Å². The third-order valence-corrected chi connectivity index (χ3v) is 7.61. The topological polar surface area (TPSA) is 43.8 Å². The standard InChI is InChI=1S/C16H23N3S2/c1-3-15-16(21-9-8-20-15)12(17)10-13-11-6-4-5-7-14(11)19(2)18-13/h4-7,12,15-16H,3,8-10,17H2,1-2H3. The first-order valence-corrected chi connectivity index (χ1v) is 9.70.